The molecule has 3 nitrogen and oxygen atoms in total. The van der Waals surface area contributed by atoms with Gasteiger partial charge >= 0.3 is 0 Å². The molecule has 0 spiro atoms. The van der Waals surface area contributed by atoms with Gasteiger partial charge in [-0.25, -0.2) is 4.98 Å². The van der Waals surface area contributed by atoms with Gasteiger partial charge in [-0.15, -0.1) is 0 Å². The fraction of sp³-hybridized carbons (Fsp3) is 0.556. The van der Waals surface area contributed by atoms with E-state index >= 15 is 0 Å². The summed E-state index contributed by atoms with van der Waals surface area (Å²) in [7, 11) is 0. The first-order valence-corrected chi connectivity index (χ1v) is 5.47. The second-order valence-electron chi connectivity index (χ2n) is 3.18. The Labute approximate surface area is 80.9 Å². The first kappa shape index (κ1) is 8.81. The number of rotatable bonds is 2. The summed E-state index contributed by atoms with van der Waals surface area (Å²) in [5.74, 6) is 3.71. The molecule has 0 N–H and O–H groups in total. The summed E-state index contributed by atoms with van der Waals surface area (Å²) in [4.78, 5) is 15.1. The number of Topliss-reactive ketones (excluding diaryl/α,β-unsaturated/α-hetero) is 1. The number of ketones is 1. The molecule has 0 amide bonds. The molecule has 0 radical (unpaired) electrons. The van der Waals surface area contributed by atoms with Gasteiger partial charge in [-0.2, -0.15) is 11.8 Å². The summed E-state index contributed by atoms with van der Waals surface area (Å²) >= 11 is 1.91. The first-order valence-electron chi connectivity index (χ1n) is 4.32. The van der Waals surface area contributed by atoms with E-state index in [4.69, 9.17) is 4.42 Å². The zero-order valence-electron chi connectivity index (χ0n) is 7.45. The molecule has 1 saturated heterocycles. The Hall–Kier alpha value is -0.770. The van der Waals surface area contributed by atoms with Crippen LogP contribution in [-0.4, -0.2) is 22.3 Å². The van der Waals surface area contributed by atoms with Crippen molar-refractivity contribution in [3.05, 3.63) is 17.8 Å². The van der Waals surface area contributed by atoms with Crippen LogP contribution >= 0.6 is 11.8 Å². The minimum Gasteiger partial charge on any atom is -0.437 e. The predicted octanol–water partition coefficient (Wildman–Crippen LogP) is 2.10. The predicted molar refractivity (Wildman–Crippen MR) is 51.2 cm³/mol. The minimum atomic E-state index is -0.0515. The second kappa shape index (κ2) is 3.54. The standard InChI is InChI=1S/C9H11NO2S/c1-6(11)8-4-10-9(12-8)7-2-3-13-5-7/h4,7H,2-3,5H2,1H3. The molecule has 4 heteroatoms. The average molecular weight is 197 g/mol. The van der Waals surface area contributed by atoms with Gasteiger partial charge in [0.2, 0.25) is 0 Å². The number of nitrogens with zero attached hydrogens (tertiary/aromatic N) is 1. The van der Waals surface area contributed by atoms with Crippen LogP contribution in [0.5, 0.6) is 0 Å². The highest BCUT2D eigenvalue weighted by Crippen LogP contribution is 2.31. The third-order valence-electron chi connectivity index (χ3n) is 2.15. The molecular weight excluding hydrogens is 186 g/mol. The number of aromatic nitrogens is 1. The molecule has 1 aromatic heterocycles. The number of oxazole rings is 1. The summed E-state index contributed by atoms with van der Waals surface area (Å²) in [6, 6.07) is 0. The topological polar surface area (TPSA) is 43.1 Å². The van der Waals surface area contributed by atoms with E-state index in [1.807, 2.05) is 11.8 Å². The van der Waals surface area contributed by atoms with Gasteiger partial charge < -0.3 is 4.42 Å². The average Bonchev–Trinajstić information content (AvgIpc) is 2.75. The van der Waals surface area contributed by atoms with E-state index in [1.54, 1.807) is 0 Å². The normalized spacial score (nSPS) is 22.1. The molecule has 0 bridgehead atoms. The van der Waals surface area contributed by atoms with Crippen molar-refractivity contribution in [1.82, 2.24) is 4.98 Å². The Morgan fingerprint density at radius 1 is 1.77 bits per heavy atom. The largest absolute Gasteiger partial charge is 0.437 e. The van der Waals surface area contributed by atoms with E-state index in [-0.39, 0.29) is 5.78 Å². The molecular formula is C9H11NO2S. The summed E-state index contributed by atoms with van der Waals surface area (Å²) in [6.45, 7) is 1.49. The van der Waals surface area contributed by atoms with Crippen LogP contribution in [0.3, 0.4) is 0 Å². The Morgan fingerprint density at radius 2 is 2.62 bits per heavy atom. The Balaban J connectivity index is 2.16. The molecule has 1 fully saturated rings. The van der Waals surface area contributed by atoms with Gasteiger partial charge in [0.05, 0.1) is 6.20 Å². The molecule has 0 aromatic carbocycles. The fourth-order valence-corrected chi connectivity index (χ4v) is 2.58. The highest BCUT2D eigenvalue weighted by Gasteiger charge is 2.22. The van der Waals surface area contributed by atoms with Crippen molar-refractivity contribution in [2.45, 2.75) is 19.3 Å². The molecule has 0 saturated carbocycles. The van der Waals surface area contributed by atoms with Gasteiger partial charge in [-0.05, 0) is 12.2 Å². The zero-order valence-corrected chi connectivity index (χ0v) is 8.26. The van der Waals surface area contributed by atoms with Gasteiger partial charge in [0.25, 0.3) is 0 Å². The van der Waals surface area contributed by atoms with Crippen LogP contribution in [0.15, 0.2) is 10.6 Å². The van der Waals surface area contributed by atoms with Crippen LogP contribution in [0, 0.1) is 0 Å². The number of hydrogen-bond acceptors (Lipinski definition) is 4. The summed E-state index contributed by atoms with van der Waals surface area (Å²) < 4.78 is 5.36. The maximum absolute atomic E-state index is 10.9. The van der Waals surface area contributed by atoms with Crippen molar-refractivity contribution in [3.63, 3.8) is 0 Å². The summed E-state index contributed by atoms with van der Waals surface area (Å²) in [6.07, 6.45) is 2.64. The Morgan fingerprint density at radius 3 is 3.15 bits per heavy atom. The molecule has 0 aliphatic carbocycles. The molecule has 13 heavy (non-hydrogen) atoms. The highest BCUT2D eigenvalue weighted by atomic mass is 32.2. The van der Waals surface area contributed by atoms with Crippen molar-refractivity contribution >= 4 is 17.5 Å². The molecule has 2 rings (SSSR count). The van der Waals surface area contributed by atoms with Crippen LogP contribution in [0.1, 0.15) is 35.7 Å². The van der Waals surface area contributed by atoms with E-state index in [1.165, 1.54) is 18.9 Å². The Bertz CT molecular complexity index is 315. The fourth-order valence-electron chi connectivity index (χ4n) is 1.37. The third-order valence-corrected chi connectivity index (χ3v) is 3.31. The Kier molecular flexibility index (Phi) is 2.40. The maximum atomic E-state index is 10.9. The van der Waals surface area contributed by atoms with Gasteiger partial charge in [0.1, 0.15) is 0 Å². The molecule has 1 aromatic rings. The molecule has 2 heterocycles. The quantitative estimate of drug-likeness (QED) is 0.681. The van der Waals surface area contributed by atoms with Crippen molar-refractivity contribution in [2.75, 3.05) is 11.5 Å². The van der Waals surface area contributed by atoms with E-state index in [0.717, 1.165) is 18.1 Å². The van der Waals surface area contributed by atoms with E-state index in [9.17, 15) is 4.79 Å². The monoisotopic (exact) mass is 197 g/mol. The molecule has 1 aliphatic rings. The third kappa shape index (κ3) is 1.77. The van der Waals surface area contributed by atoms with E-state index in [2.05, 4.69) is 4.98 Å². The van der Waals surface area contributed by atoms with Crippen molar-refractivity contribution < 1.29 is 9.21 Å². The smallest absolute Gasteiger partial charge is 0.199 e. The second-order valence-corrected chi connectivity index (χ2v) is 4.33. The number of carbonyl (C=O) groups is 1. The molecule has 1 aliphatic heterocycles. The summed E-state index contributed by atoms with van der Waals surface area (Å²) in [5, 5.41) is 0. The first-order chi connectivity index (χ1) is 6.27. The van der Waals surface area contributed by atoms with Gasteiger partial charge in [0.15, 0.2) is 17.4 Å². The minimum absolute atomic E-state index is 0.0515. The molecule has 1 atom stereocenters. The molecule has 1 unspecified atom stereocenters. The lowest BCUT2D eigenvalue weighted by Crippen LogP contribution is -1.95. The van der Waals surface area contributed by atoms with Gasteiger partial charge in [0, 0.05) is 18.6 Å². The highest BCUT2D eigenvalue weighted by molar-refractivity contribution is 7.99. The maximum Gasteiger partial charge on any atom is 0.199 e. The van der Waals surface area contributed by atoms with Crippen molar-refractivity contribution in [3.8, 4) is 0 Å². The lowest BCUT2D eigenvalue weighted by molar-refractivity contribution is 0.0985. The summed E-state index contributed by atoms with van der Waals surface area (Å²) in [5.41, 5.74) is 0. The van der Waals surface area contributed by atoms with Crippen molar-refractivity contribution in [1.29, 1.82) is 0 Å². The number of hydrogen-bond donors (Lipinski definition) is 0. The lowest BCUT2D eigenvalue weighted by atomic mass is 10.1. The SMILES string of the molecule is CC(=O)c1cnc(C2CCSC2)o1. The van der Waals surface area contributed by atoms with Gasteiger partial charge in [-0.1, -0.05) is 0 Å². The van der Waals surface area contributed by atoms with E-state index in [0.29, 0.717) is 11.7 Å². The van der Waals surface area contributed by atoms with Crippen LogP contribution in [0.4, 0.5) is 0 Å². The van der Waals surface area contributed by atoms with Gasteiger partial charge in [-0.3, -0.25) is 4.79 Å². The van der Waals surface area contributed by atoms with Crippen LogP contribution < -0.4 is 0 Å². The van der Waals surface area contributed by atoms with E-state index < -0.39 is 0 Å². The number of carbonyl (C=O) groups excluding carboxylic acids is 1. The number of thioether (sulfide) groups is 1. The lowest BCUT2D eigenvalue weighted by Gasteiger charge is -2.00. The van der Waals surface area contributed by atoms with Crippen LogP contribution in [0.25, 0.3) is 0 Å². The van der Waals surface area contributed by atoms with Crippen molar-refractivity contribution in [2.24, 2.45) is 0 Å². The van der Waals surface area contributed by atoms with Crippen LogP contribution in [0.2, 0.25) is 0 Å². The zero-order chi connectivity index (χ0) is 9.26. The molecule has 70 valence electrons. The van der Waals surface area contributed by atoms with Crippen LogP contribution in [-0.2, 0) is 0 Å².